The van der Waals surface area contributed by atoms with Crippen molar-refractivity contribution in [3.63, 3.8) is 0 Å². The lowest BCUT2D eigenvalue weighted by Crippen LogP contribution is -2.10. The van der Waals surface area contributed by atoms with E-state index in [0.717, 1.165) is 27.3 Å². The maximum absolute atomic E-state index is 5.37. The monoisotopic (exact) mass is 321 g/mol. The van der Waals surface area contributed by atoms with Crippen molar-refractivity contribution in [2.75, 3.05) is 12.4 Å². The molecule has 0 amide bonds. The van der Waals surface area contributed by atoms with Crippen molar-refractivity contribution in [3.8, 4) is 5.75 Å². The van der Waals surface area contributed by atoms with Crippen LogP contribution >= 0.6 is 15.9 Å². The van der Waals surface area contributed by atoms with Gasteiger partial charge in [0.05, 0.1) is 23.3 Å². The standard InChI is InChI=1S/C14H16BrN3O/c1-9(11-6-4-5-7-12(11)19-3)18-14-13(15)10(2)16-8-17-14/h4-9H,1-3H3,(H,16,17,18). The first-order valence-electron chi connectivity index (χ1n) is 6.00. The first-order chi connectivity index (χ1) is 9.13. The quantitative estimate of drug-likeness (QED) is 0.932. The zero-order valence-corrected chi connectivity index (χ0v) is 12.7. The van der Waals surface area contributed by atoms with Gasteiger partial charge in [-0.3, -0.25) is 0 Å². The van der Waals surface area contributed by atoms with Crippen molar-refractivity contribution in [2.45, 2.75) is 19.9 Å². The van der Waals surface area contributed by atoms with E-state index in [9.17, 15) is 0 Å². The fourth-order valence-electron chi connectivity index (χ4n) is 1.87. The van der Waals surface area contributed by atoms with Gasteiger partial charge in [0.1, 0.15) is 17.9 Å². The molecule has 0 saturated heterocycles. The summed E-state index contributed by atoms with van der Waals surface area (Å²) in [7, 11) is 1.68. The lowest BCUT2D eigenvalue weighted by Gasteiger charge is -2.18. The highest BCUT2D eigenvalue weighted by atomic mass is 79.9. The van der Waals surface area contributed by atoms with E-state index in [1.54, 1.807) is 13.4 Å². The van der Waals surface area contributed by atoms with Crippen LogP contribution in [0.15, 0.2) is 35.1 Å². The van der Waals surface area contributed by atoms with Crippen LogP contribution < -0.4 is 10.1 Å². The number of hydrogen-bond donors (Lipinski definition) is 1. The van der Waals surface area contributed by atoms with Gasteiger partial charge in [-0.15, -0.1) is 0 Å². The van der Waals surface area contributed by atoms with Crippen LogP contribution in [0.1, 0.15) is 24.2 Å². The van der Waals surface area contributed by atoms with Crippen LogP contribution in [0.3, 0.4) is 0 Å². The lowest BCUT2D eigenvalue weighted by atomic mass is 10.1. The Bertz CT molecular complexity index is 574. The van der Waals surface area contributed by atoms with Crippen molar-refractivity contribution in [1.82, 2.24) is 9.97 Å². The van der Waals surface area contributed by atoms with Crippen molar-refractivity contribution < 1.29 is 4.74 Å². The molecule has 0 aliphatic carbocycles. The molecular weight excluding hydrogens is 306 g/mol. The number of halogens is 1. The molecule has 4 nitrogen and oxygen atoms in total. The number of rotatable bonds is 4. The van der Waals surface area contributed by atoms with Crippen LogP contribution in [0.2, 0.25) is 0 Å². The molecule has 1 N–H and O–H groups in total. The van der Waals surface area contributed by atoms with E-state index in [1.165, 1.54) is 0 Å². The van der Waals surface area contributed by atoms with Gasteiger partial charge in [-0.25, -0.2) is 9.97 Å². The van der Waals surface area contributed by atoms with Gasteiger partial charge < -0.3 is 10.1 Å². The van der Waals surface area contributed by atoms with Gasteiger partial charge in [0, 0.05) is 5.56 Å². The molecule has 100 valence electrons. The summed E-state index contributed by atoms with van der Waals surface area (Å²) >= 11 is 3.50. The minimum atomic E-state index is 0.0850. The molecule has 0 radical (unpaired) electrons. The molecule has 0 fully saturated rings. The first kappa shape index (κ1) is 13.8. The van der Waals surface area contributed by atoms with E-state index < -0.39 is 0 Å². The predicted octanol–water partition coefficient (Wildman–Crippen LogP) is 3.73. The minimum absolute atomic E-state index is 0.0850. The topological polar surface area (TPSA) is 47.0 Å². The summed E-state index contributed by atoms with van der Waals surface area (Å²) in [5.41, 5.74) is 2.00. The highest BCUT2D eigenvalue weighted by Gasteiger charge is 2.13. The molecule has 5 heteroatoms. The summed E-state index contributed by atoms with van der Waals surface area (Å²) in [5.74, 6) is 1.65. The number of benzene rings is 1. The normalized spacial score (nSPS) is 12.0. The number of para-hydroxylation sites is 1. The van der Waals surface area contributed by atoms with E-state index in [0.29, 0.717) is 0 Å². The zero-order valence-electron chi connectivity index (χ0n) is 11.1. The van der Waals surface area contributed by atoms with E-state index in [2.05, 4.69) is 38.1 Å². The van der Waals surface area contributed by atoms with Gasteiger partial charge >= 0.3 is 0 Å². The van der Waals surface area contributed by atoms with Crippen molar-refractivity contribution in [3.05, 3.63) is 46.3 Å². The molecule has 1 heterocycles. The smallest absolute Gasteiger partial charge is 0.144 e. The molecule has 1 aromatic heterocycles. The summed E-state index contributed by atoms with van der Waals surface area (Å²) in [6.07, 6.45) is 1.55. The predicted molar refractivity (Wildman–Crippen MR) is 79.5 cm³/mol. The zero-order chi connectivity index (χ0) is 13.8. The summed E-state index contributed by atoms with van der Waals surface area (Å²) in [6, 6.07) is 8.03. The molecule has 0 saturated carbocycles. The van der Waals surface area contributed by atoms with E-state index >= 15 is 0 Å². The van der Waals surface area contributed by atoms with Gasteiger partial charge in [-0.1, -0.05) is 18.2 Å². The highest BCUT2D eigenvalue weighted by Crippen LogP contribution is 2.29. The Morgan fingerprint density at radius 2 is 2.00 bits per heavy atom. The molecule has 0 spiro atoms. The van der Waals surface area contributed by atoms with E-state index in [4.69, 9.17) is 4.74 Å². The Morgan fingerprint density at radius 1 is 1.26 bits per heavy atom. The number of methoxy groups -OCH3 is 1. The number of nitrogens with one attached hydrogen (secondary N) is 1. The van der Waals surface area contributed by atoms with Crippen molar-refractivity contribution >= 4 is 21.7 Å². The molecule has 0 aliphatic heterocycles. The Balaban J connectivity index is 2.26. The third-order valence-electron chi connectivity index (χ3n) is 2.92. The Labute approximate surface area is 121 Å². The fourth-order valence-corrected chi connectivity index (χ4v) is 2.18. The third kappa shape index (κ3) is 3.04. The Hall–Kier alpha value is -1.62. The van der Waals surface area contributed by atoms with E-state index in [-0.39, 0.29) is 6.04 Å². The average Bonchev–Trinajstić information content (AvgIpc) is 2.43. The van der Waals surface area contributed by atoms with Crippen LogP contribution in [0.4, 0.5) is 5.82 Å². The summed E-state index contributed by atoms with van der Waals surface area (Å²) < 4.78 is 6.26. The second kappa shape index (κ2) is 6.02. The summed E-state index contributed by atoms with van der Waals surface area (Å²) in [4.78, 5) is 8.38. The van der Waals surface area contributed by atoms with Crippen molar-refractivity contribution in [2.24, 2.45) is 0 Å². The first-order valence-corrected chi connectivity index (χ1v) is 6.79. The molecule has 2 rings (SSSR count). The molecule has 1 atom stereocenters. The van der Waals surface area contributed by atoms with Gasteiger partial charge in [-0.2, -0.15) is 0 Å². The van der Waals surface area contributed by atoms with Crippen LogP contribution in [-0.4, -0.2) is 17.1 Å². The molecule has 0 bridgehead atoms. The molecule has 0 aliphatic rings. The second-order valence-corrected chi connectivity index (χ2v) is 5.02. The number of ether oxygens (including phenoxy) is 1. The van der Waals surface area contributed by atoms with E-state index in [1.807, 2.05) is 31.2 Å². The Kier molecular flexibility index (Phi) is 4.37. The molecule has 1 unspecified atom stereocenters. The van der Waals surface area contributed by atoms with Gasteiger partial charge in [0.25, 0.3) is 0 Å². The van der Waals surface area contributed by atoms with Crippen LogP contribution in [0.5, 0.6) is 5.75 Å². The Morgan fingerprint density at radius 3 is 2.74 bits per heavy atom. The SMILES string of the molecule is COc1ccccc1C(C)Nc1ncnc(C)c1Br. The number of hydrogen-bond acceptors (Lipinski definition) is 4. The number of aromatic nitrogens is 2. The number of aryl methyl sites for hydroxylation is 1. The summed E-state index contributed by atoms with van der Waals surface area (Å²) in [6.45, 7) is 4.01. The largest absolute Gasteiger partial charge is 0.496 e. The molecule has 1 aromatic carbocycles. The summed E-state index contributed by atoms with van der Waals surface area (Å²) in [5, 5.41) is 3.36. The highest BCUT2D eigenvalue weighted by molar-refractivity contribution is 9.10. The minimum Gasteiger partial charge on any atom is -0.496 e. The van der Waals surface area contributed by atoms with Crippen LogP contribution in [0.25, 0.3) is 0 Å². The average molecular weight is 322 g/mol. The number of nitrogens with zero attached hydrogens (tertiary/aromatic N) is 2. The molecular formula is C14H16BrN3O. The maximum Gasteiger partial charge on any atom is 0.144 e. The maximum atomic E-state index is 5.37. The van der Waals surface area contributed by atoms with Gasteiger partial charge in [-0.05, 0) is 35.8 Å². The van der Waals surface area contributed by atoms with Gasteiger partial charge in [0.15, 0.2) is 0 Å². The fraction of sp³-hybridized carbons (Fsp3) is 0.286. The van der Waals surface area contributed by atoms with Crippen molar-refractivity contribution in [1.29, 1.82) is 0 Å². The lowest BCUT2D eigenvalue weighted by molar-refractivity contribution is 0.408. The third-order valence-corrected chi connectivity index (χ3v) is 3.87. The van der Waals surface area contributed by atoms with Crippen LogP contribution in [0, 0.1) is 6.92 Å². The molecule has 19 heavy (non-hydrogen) atoms. The van der Waals surface area contributed by atoms with Crippen LogP contribution in [-0.2, 0) is 0 Å². The van der Waals surface area contributed by atoms with Gasteiger partial charge in [0.2, 0.25) is 0 Å². The molecule has 2 aromatic rings. The number of anilines is 1. The second-order valence-electron chi connectivity index (χ2n) is 4.23.